The Balaban J connectivity index is 1.45. The summed E-state index contributed by atoms with van der Waals surface area (Å²) in [6.45, 7) is 4.32. The highest BCUT2D eigenvalue weighted by atomic mass is 16.1. The molecule has 3 aromatic rings. The summed E-state index contributed by atoms with van der Waals surface area (Å²) in [6, 6.07) is 20.4. The number of rotatable bonds is 4. The lowest BCUT2D eigenvalue weighted by Crippen LogP contribution is -2.31. The van der Waals surface area contributed by atoms with Crippen molar-refractivity contribution in [3.63, 3.8) is 0 Å². The summed E-state index contributed by atoms with van der Waals surface area (Å²) in [5.74, 6) is 0.783. The molecule has 0 atom stereocenters. The molecule has 0 spiro atoms. The second-order valence-corrected chi connectivity index (χ2v) is 7.01. The van der Waals surface area contributed by atoms with Gasteiger partial charge in [-0.3, -0.25) is 4.79 Å². The monoisotopic (exact) mass is 357 g/mol. The predicted molar refractivity (Wildman–Crippen MR) is 108 cm³/mol. The Labute approximate surface area is 159 Å². The molecule has 2 heterocycles. The number of fused-ring (bicyclic) bond motifs is 1. The second-order valence-electron chi connectivity index (χ2n) is 7.01. The Morgan fingerprint density at radius 1 is 1.07 bits per heavy atom. The zero-order valence-electron chi connectivity index (χ0n) is 15.5. The average molecular weight is 357 g/mol. The maximum atomic E-state index is 12.6. The van der Waals surface area contributed by atoms with Gasteiger partial charge in [-0.2, -0.15) is 0 Å². The van der Waals surface area contributed by atoms with Crippen LogP contribution < -0.4 is 10.2 Å². The lowest BCUT2D eigenvalue weighted by molar-refractivity contribution is 0.0951. The third-order valence-electron chi connectivity index (χ3n) is 5.00. The number of nitrogens with one attached hydrogen (secondary N) is 1. The minimum absolute atomic E-state index is 0.0717. The van der Waals surface area contributed by atoms with Gasteiger partial charge in [-0.05, 0) is 42.2 Å². The van der Waals surface area contributed by atoms with Gasteiger partial charge in [0.25, 0.3) is 5.91 Å². The Bertz CT molecular complexity index is 967. The molecule has 0 radical (unpaired) electrons. The molecule has 0 saturated carbocycles. The van der Waals surface area contributed by atoms with Crippen LogP contribution in [0.25, 0.3) is 0 Å². The lowest BCUT2D eigenvalue weighted by Gasteiger charge is -2.29. The summed E-state index contributed by atoms with van der Waals surface area (Å²) in [4.78, 5) is 19.3. The SMILES string of the molecule is Cc1cccc(CNC(=O)c2ccnc(N3CCc4ccccc4C3)c2)c1. The van der Waals surface area contributed by atoms with Crippen LogP contribution in [0.15, 0.2) is 66.9 Å². The van der Waals surface area contributed by atoms with Crippen LogP contribution in [-0.4, -0.2) is 17.4 Å². The van der Waals surface area contributed by atoms with Crippen LogP contribution in [0.5, 0.6) is 0 Å². The Hall–Kier alpha value is -3.14. The van der Waals surface area contributed by atoms with Gasteiger partial charge < -0.3 is 10.2 Å². The molecule has 4 heteroatoms. The topological polar surface area (TPSA) is 45.2 Å². The molecule has 136 valence electrons. The number of aryl methyl sites for hydroxylation is 1. The third kappa shape index (κ3) is 4.00. The van der Waals surface area contributed by atoms with E-state index in [1.165, 1.54) is 16.7 Å². The number of nitrogens with zero attached hydrogens (tertiary/aromatic N) is 2. The molecule has 1 aliphatic rings. The maximum Gasteiger partial charge on any atom is 0.251 e. The van der Waals surface area contributed by atoms with E-state index in [0.717, 1.165) is 30.9 Å². The van der Waals surface area contributed by atoms with Crippen molar-refractivity contribution in [3.8, 4) is 0 Å². The molecular formula is C23H23N3O. The molecule has 1 N–H and O–H groups in total. The molecule has 4 rings (SSSR count). The standard InChI is InChI=1S/C23H23N3O/c1-17-5-4-6-18(13-17)15-25-23(27)20-9-11-24-22(14-20)26-12-10-19-7-2-3-8-21(19)16-26/h2-9,11,13-14H,10,12,15-16H2,1H3,(H,25,27). The van der Waals surface area contributed by atoms with Crippen molar-refractivity contribution in [2.75, 3.05) is 11.4 Å². The number of aromatic nitrogens is 1. The van der Waals surface area contributed by atoms with E-state index in [1.54, 1.807) is 12.3 Å². The van der Waals surface area contributed by atoms with Crippen molar-refractivity contribution in [1.82, 2.24) is 10.3 Å². The van der Waals surface area contributed by atoms with E-state index in [-0.39, 0.29) is 5.91 Å². The van der Waals surface area contributed by atoms with Crippen molar-refractivity contribution in [2.45, 2.75) is 26.4 Å². The highest BCUT2D eigenvalue weighted by Crippen LogP contribution is 2.23. The zero-order chi connectivity index (χ0) is 18.6. The summed E-state index contributed by atoms with van der Waals surface area (Å²) in [7, 11) is 0. The predicted octanol–water partition coefficient (Wildman–Crippen LogP) is 3.88. The quantitative estimate of drug-likeness (QED) is 0.771. The first kappa shape index (κ1) is 17.3. The average Bonchev–Trinajstić information content (AvgIpc) is 2.72. The van der Waals surface area contributed by atoms with Crippen LogP contribution in [0.1, 0.15) is 32.6 Å². The summed E-state index contributed by atoms with van der Waals surface area (Å²) in [5.41, 5.74) is 5.68. The number of carbonyl (C=O) groups is 1. The first-order chi connectivity index (χ1) is 13.2. The molecule has 0 fully saturated rings. The number of carbonyl (C=O) groups excluding carboxylic acids is 1. The third-order valence-corrected chi connectivity index (χ3v) is 5.00. The van der Waals surface area contributed by atoms with E-state index in [4.69, 9.17) is 0 Å². The number of hydrogen-bond acceptors (Lipinski definition) is 3. The van der Waals surface area contributed by atoms with Gasteiger partial charge in [0, 0.05) is 31.4 Å². The highest BCUT2D eigenvalue weighted by Gasteiger charge is 2.18. The van der Waals surface area contributed by atoms with E-state index in [9.17, 15) is 4.79 Å². The minimum atomic E-state index is -0.0717. The van der Waals surface area contributed by atoms with Crippen molar-refractivity contribution in [2.24, 2.45) is 0 Å². The first-order valence-electron chi connectivity index (χ1n) is 9.30. The van der Waals surface area contributed by atoms with Crippen LogP contribution >= 0.6 is 0 Å². The van der Waals surface area contributed by atoms with Crippen molar-refractivity contribution >= 4 is 11.7 Å². The van der Waals surface area contributed by atoms with Gasteiger partial charge in [0.15, 0.2) is 0 Å². The second kappa shape index (κ2) is 7.62. The van der Waals surface area contributed by atoms with Gasteiger partial charge in [0.1, 0.15) is 5.82 Å². The Kier molecular flexibility index (Phi) is 4.88. The van der Waals surface area contributed by atoms with Gasteiger partial charge >= 0.3 is 0 Å². The fourth-order valence-corrected chi connectivity index (χ4v) is 3.53. The number of amides is 1. The van der Waals surface area contributed by atoms with Crippen LogP contribution in [-0.2, 0) is 19.5 Å². The first-order valence-corrected chi connectivity index (χ1v) is 9.30. The number of benzene rings is 2. The molecule has 1 amide bonds. The normalized spacial score (nSPS) is 13.1. The van der Waals surface area contributed by atoms with Crippen molar-refractivity contribution in [3.05, 3.63) is 94.7 Å². The minimum Gasteiger partial charge on any atom is -0.352 e. The van der Waals surface area contributed by atoms with Crippen LogP contribution in [0.2, 0.25) is 0 Å². The van der Waals surface area contributed by atoms with Crippen molar-refractivity contribution < 1.29 is 4.79 Å². The molecule has 2 aromatic carbocycles. The van der Waals surface area contributed by atoms with Gasteiger partial charge in [-0.15, -0.1) is 0 Å². The Morgan fingerprint density at radius 3 is 2.78 bits per heavy atom. The van der Waals surface area contributed by atoms with E-state index >= 15 is 0 Å². The fourth-order valence-electron chi connectivity index (χ4n) is 3.53. The van der Waals surface area contributed by atoms with Crippen LogP contribution in [0.4, 0.5) is 5.82 Å². The maximum absolute atomic E-state index is 12.6. The molecule has 1 aromatic heterocycles. The molecule has 0 aliphatic carbocycles. The largest absolute Gasteiger partial charge is 0.352 e. The molecule has 1 aliphatic heterocycles. The zero-order valence-corrected chi connectivity index (χ0v) is 15.5. The molecule has 0 unspecified atom stereocenters. The molecule has 0 bridgehead atoms. The summed E-state index contributed by atoms with van der Waals surface area (Å²) in [6.07, 6.45) is 2.72. The fraction of sp³-hybridized carbons (Fsp3) is 0.217. The van der Waals surface area contributed by atoms with Gasteiger partial charge in [0.05, 0.1) is 0 Å². The molecular weight excluding hydrogens is 334 g/mol. The van der Waals surface area contributed by atoms with Crippen LogP contribution in [0.3, 0.4) is 0 Å². The summed E-state index contributed by atoms with van der Waals surface area (Å²) >= 11 is 0. The van der Waals surface area contributed by atoms with E-state index < -0.39 is 0 Å². The summed E-state index contributed by atoms with van der Waals surface area (Å²) < 4.78 is 0. The van der Waals surface area contributed by atoms with E-state index in [0.29, 0.717) is 12.1 Å². The number of anilines is 1. The smallest absolute Gasteiger partial charge is 0.251 e. The van der Waals surface area contributed by atoms with E-state index in [1.807, 2.05) is 18.2 Å². The summed E-state index contributed by atoms with van der Waals surface area (Å²) in [5, 5.41) is 3.00. The van der Waals surface area contributed by atoms with Crippen molar-refractivity contribution in [1.29, 1.82) is 0 Å². The molecule has 4 nitrogen and oxygen atoms in total. The van der Waals surface area contributed by atoms with E-state index in [2.05, 4.69) is 58.5 Å². The van der Waals surface area contributed by atoms with Gasteiger partial charge in [-0.25, -0.2) is 4.98 Å². The lowest BCUT2D eigenvalue weighted by atomic mass is 10.00. The Morgan fingerprint density at radius 2 is 1.93 bits per heavy atom. The number of pyridine rings is 1. The molecule has 0 saturated heterocycles. The number of hydrogen-bond donors (Lipinski definition) is 1. The molecule has 27 heavy (non-hydrogen) atoms. The highest BCUT2D eigenvalue weighted by molar-refractivity contribution is 5.94. The van der Waals surface area contributed by atoms with Gasteiger partial charge in [0.2, 0.25) is 0 Å². The van der Waals surface area contributed by atoms with Gasteiger partial charge in [-0.1, -0.05) is 54.1 Å². The van der Waals surface area contributed by atoms with Crippen LogP contribution in [0, 0.1) is 6.92 Å².